The summed E-state index contributed by atoms with van der Waals surface area (Å²) in [5, 5.41) is 24.1. The van der Waals surface area contributed by atoms with Gasteiger partial charge in [-0.3, -0.25) is 0 Å². The smallest absolute Gasteiger partial charge is 0.356 e. The van der Waals surface area contributed by atoms with Crippen molar-refractivity contribution in [3.8, 4) is 0 Å². The lowest BCUT2D eigenvalue weighted by Crippen LogP contribution is -2.01. The minimum absolute atomic E-state index is 0.106. The zero-order valence-corrected chi connectivity index (χ0v) is 8.93. The number of rotatable bonds is 3. The molecule has 8 heteroatoms. The Morgan fingerprint density at radius 2 is 2.12 bits per heavy atom. The van der Waals surface area contributed by atoms with Crippen molar-refractivity contribution < 1.29 is 14.3 Å². The number of carbonyl (C=O) groups is 1. The summed E-state index contributed by atoms with van der Waals surface area (Å²) < 4.78 is 5.12. The fourth-order valence-corrected chi connectivity index (χ4v) is 1.54. The summed E-state index contributed by atoms with van der Waals surface area (Å²) in [6.45, 7) is 1.68. The standard InChI is InChI=1S/C8H6N4O3S/c1-4-9-12-8(15-4)16-6-3-2-5(7(13)14)10-11-6/h2-3H,1H3,(H,13,14). The number of carboxylic acid groups (broad SMARTS) is 1. The topological polar surface area (TPSA) is 102 Å². The number of aryl methyl sites for hydroxylation is 1. The van der Waals surface area contributed by atoms with Crippen LogP contribution in [0.5, 0.6) is 0 Å². The molecule has 0 fully saturated rings. The summed E-state index contributed by atoms with van der Waals surface area (Å²) in [5.74, 6) is -0.657. The van der Waals surface area contributed by atoms with Crippen LogP contribution in [0, 0.1) is 6.92 Å². The molecule has 0 unspecified atom stereocenters. The average molecular weight is 238 g/mol. The quantitative estimate of drug-likeness (QED) is 0.845. The molecule has 0 aliphatic carbocycles. The molecule has 2 heterocycles. The lowest BCUT2D eigenvalue weighted by Gasteiger charge is -1.95. The van der Waals surface area contributed by atoms with Gasteiger partial charge in [0.1, 0.15) is 5.03 Å². The summed E-state index contributed by atoms with van der Waals surface area (Å²) in [4.78, 5) is 10.5. The van der Waals surface area contributed by atoms with Gasteiger partial charge in [0, 0.05) is 6.92 Å². The van der Waals surface area contributed by atoms with Gasteiger partial charge < -0.3 is 9.52 Å². The minimum Gasteiger partial charge on any atom is -0.476 e. The van der Waals surface area contributed by atoms with Gasteiger partial charge in [-0.1, -0.05) is 0 Å². The minimum atomic E-state index is -1.11. The van der Waals surface area contributed by atoms with Crippen molar-refractivity contribution in [1.29, 1.82) is 0 Å². The summed E-state index contributed by atoms with van der Waals surface area (Å²) in [6.07, 6.45) is 0. The zero-order valence-electron chi connectivity index (χ0n) is 8.12. The lowest BCUT2D eigenvalue weighted by atomic mass is 10.4. The van der Waals surface area contributed by atoms with Gasteiger partial charge in [-0.05, 0) is 23.9 Å². The maximum Gasteiger partial charge on any atom is 0.356 e. The highest BCUT2D eigenvalue weighted by atomic mass is 32.2. The van der Waals surface area contributed by atoms with Crippen molar-refractivity contribution in [2.45, 2.75) is 17.2 Å². The number of aromatic carboxylic acids is 1. The first-order valence-electron chi connectivity index (χ1n) is 4.20. The van der Waals surface area contributed by atoms with Crippen LogP contribution in [-0.2, 0) is 0 Å². The molecule has 0 atom stereocenters. The molecule has 0 spiro atoms. The number of aromatic nitrogens is 4. The van der Waals surface area contributed by atoms with Gasteiger partial charge >= 0.3 is 5.97 Å². The summed E-state index contributed by atoms with van der Waals surface area (Å²) in [5.41, 5.74) is -0.106. The van der Waals surface area contributed by atoms with Crippen molar-refractivity contribution in [2.75, 3.05) is 0 Å². The van der Waals surface area contributed by atoms with E-state index in [1.807, 2.05) is 0 Å². The fourth-order valence-electron chi connectivity index (χ4n) is 0.898. The highest BCUT2D eigenvalue weighted by molar-refractivity contribution is 7.99. The van der Waals surface area contributed by atoms with Crippen molar-refractivity contribution in [2.24, 2.45) is 0 Å². The molecule has 2 aromatic heterocycles. The monoisotopic (exact) mass is 238 g/mol. The molecule has 0 aliphatic heterocycles. The van der Waals surface area contributed by atoms with Crippen LogP contribution >= 0.6 is 11.8 Å². The van der Waals surface area contributed by atoms with E-state index in [4.69, 9.17) is 9.52 Å². The Labute approximate surface area is 93.9 Å². The third-order valence-corrected chi connectivity index (χ3v) is 2.33. The number of carboxylic acids is 1. The normalized spacial score (nSPS) is 10.3. The van der Waals surface area contributed by atoms with E-state index in [1.165, 1.54) is 12.1 Å². The van der Waals surface area contributed by atoms with E-state index >= 15 is 0 Å². The maximum absolute atomic E-state index is 10.5. The van der Waals surface area contributed by atoms with Crippen molar-refractivity contribution >= 4 is 17.7 Å². The Kier molecular flexibility index (Phi) is 2.82. The molecule has 0 bridgehead atoms. The molecule has 0 saturated heterocycles. The predicted octanol–water partition coefficient (Wildman–Crippen LogP) is 1.02. The molecule has 2 rings (SSSR count). The molecule has 0 saturated carbocycles. The summed E-state index contributed by atoms with van der Waals surface area (Å²) in [6, 6.07) is 2.89. The molecular formula is C8H6N4O3S. The van der Waals surface area contributed by atoms with Gasteiger partial charge in [0.25, 0.3) is 5.22 Å². The van der Waals surface area contributed by atoms with E-state index in [1.54, 1.807) is 6.92 Å². The van der Waals surface area contributed by atoms with Crippen molar-refractivity contribution in [3.05, 3.63) is 23.7 Å². The van der Waals surface area contributed by atoms with Crippen LogP contribution in [0.4, 0.5) is 0 Å². The van der Waals surface area contributed by atoms with Gasteiger partial charge in [-0.15, -0.1) is 20.4 Å². The molecule has 1 N–H and O–H groups in total. The van der Waals surface area contributed by atoms with Gasteiger partial charge in [0.2, 0.25) is 5.89 Å². The third kappa shape index (κ3) is 2.34. The van der Waals surface area contributed by atoms with E-state index in [-0.39, 0.29) is 5.69 Å². The third-order valence-electron chi connectivity index (χ3n) is 1.56. The van der Waals surface area contributed by atoms with Gasteiger partial charge in [0.05, 0.1) is 0 Å². The second kappa shape index (κ2) is 4.27. The SMILES string of the molecule is Cc1nnc(Sc2ccc(C(=O)O)nn2)o1. The summed E-state index contributed by atoms with van der Waals surface area (Å²) >= 11 is 1.12. The second-order valence-electron chi connectivity index (χ2n) is 2.75. The first kappa shape index (κ1) is 10.6. The molecule has 82 valence electrons. The molecule has 2 aromatic rings. The Morgan fingerprint density at radius 3 is 2.62 bits per heavy atom. The van der Waals surface area contributed by atoms with Crippen molar-refractivity contribution in [1.82, 2.24) is 20.4 Å². The Balaban J connectivity index is 2.14. The molecule has 16 heavy (non-hydrogen) atoms. The van der Waals surface area contributed by atoms with Crippen LogP contribution < -0.4 is 0 Å². The second-order valence-corrected chi connectivity index (χ2v) is 3.72. The highest BCUT2D eigenvalue weighted by Gasteiger charge is 2.09. The Hall–Kier alpha value is -1.96. The van der Waals surface area contributed by atoms with Gasteiger partial charge in [0.15, 0.2) is 5.69 Å². The van der Waals surface area contributed by atoms with Crippen LogP contribution in [-0.4, -0.2) is 31.5 Å². The fraction of sp³-hybridized carbons (Fsp3) is 0.125. The van der Waals surface area contributed by atoms with E-state index in [9.17, 15) is 4.79 Å². The van der Waals surface area contributed by atoms with Crippen molar-refractivity contribution in [3.63, 3.8) is 0 Å². The van der Waals surface area contributed by atoms with Crippen LogP contribution in [0.2, 0.25) is 0 Å². The molecule has 0 aromatic carbocycles. The van der Waals surface area contributed by atoms with E-state index < -0.39 is 5.97 Å². The Morgan fingerprint density at radius 1 is 1.31 bits per heavy atom. The first-order chi connectivity index (χ1) is 7.65. The molecule has 0 radical (unpaired) electrons. The predicted molar refractivity (Wildman–Crippen MR) is 52.1 cm³/mol. The molecule has 0 amide bonds. The largest absolute Gasteiger partial charge is 0.476 e. The number of hydrogen-bond donors (Lipinski definition) is 1. The van der Waals surface area contributed by atoms with Gasteiger partial charge in [-0.25, -0.2) is 4.79 Å². The van der Waals surface area contributed by atoms with E-state index in [0.29, 0.717) is 16.1 Å². The van der Waals surface area contributed by atoms with Crippen LogP contribution in [0.1, 0.15) is 16.4 Å². The molecule has 7 nitrogen and oxygen atoms in total. The zero-order chi connectivity index (χ0) is 11.5. The first-order valence-corrected chi connectivity index (χ1v) is 5.02. The average Bonchev–Trinajstić information content (AvgIpc) is 2.65. The number of nitrogens with zero attached hydrogens (tertiary/aromatic N) is 4. The summed E-state index contributed by atoms with van der Waals surface area (Å²) in [7, 11) is 0. The Bertz CT molecular complexity index is 510. The molecular weight excluding hydrogens is 232 g/mol. The highest BCUT2D eigenvalue weighted by Crippen LogP contribution is 2.23. The van der Waals surface area contributed by atoms with Crippen LogP contribution in [0.25, 0.3) is 0 Å². The molecule has 0 aliphatic rings. The number of hydrogen-bond acceptors (Lipinski definition) is 7. The van der Waals surface area contributed by atoms with Crippen LogP contribution in [0.3, 0.4) is 0 Å². The van der Waals surface area contributed by atoms with Crippen LogP contribution in [0.15, 0.2) is 26.8 Å². The van der Waals surface area contributed by atoms with E-state index in [0.717, 1.165) is 11.8 Å². The van der Waals surface area contributed by atoms with Gasteiger partial charge in [-0.2, -0.15) is 0 Å². The van der Waals surface area contributed by atoms with E-state index in [2.05, 4.69) is 20.4 Å². The lowest BCUT2D eigenvalue weighted by molar-refractivity contribution is 0.0689. The maximum atomic E-state index is 10.5.